The molecule has 36 heavy (non-hydrogen) atoms. The third-order valence-corrected chi connectivity index (χ3v) is 5.16. The van der Waals surface area contributed by atoms with Crippen LogP contribution in [0, 0.1) is 0 Å². The predicted molar refractivity (Wildman–Crippen MR) is 136 cm³/mol. The number of nitrogens with zero attached hydrogens (tertiary/aromatic N) is 3. The predicted octanol–water partition coefficient (Wildman–Crippen LogP) is 2.76. The number of ether oxygens (including phenoxy) is 6. The zero-order valence-electron chi connectivity index (χ0n) is 21.0. The van der Waals surface area contributed by atoms with Crippen molar-refractivity contribution in [2.45, 2.75) is 6.42 Å². The molecular formula is C24H30N6O6. The summed E-state index contributed by atoms with van der Waals surface area (Å²) in [7, 11) is 9.23. The molecular weight excluding hydrogens is 468 g/mol. The van der Waals surface area contributed by atoms with E-state index in [2.05, 4.69) is 20.3 Å². The second-order valence-corrected chi connectivity index (χ2v) is 7.33. The Kier molecular flexibility index (Phi) is 8.44. The van der Waals surface area contributed by atoms with Gasteiger partial charge in [-0.15, -0.1) is 0 Å². The molecule has 0 saturated carbocycles. The summed E-state index contributed by atoms with van der Waals surface area (Å²) in [4.78, 5) is 12.7. The molecule has 5 N–H and O–H groups in total. The summed E-state index contributed by atoms with van der Waals surface area (Å²) in [5.74, 6) is 3.37. The molecule has 0 unspecified atom stereocenters. The van der Waals surface area contributed by atoms with E-state index in [0.717, 1.165) is 5.56 Å². The third kappa shape index (κ3) is 5.71. The van der Waals surface area contributed by atoms with Crippen LogP contribution in [0.2, 0.25) is 0 Å². The maximum absolute atomic E-state index is 6.19. The SMILES string of the molecule is COc1cc(Cc2cnc(/N=C(\N)Nc3cc(OC)c(OC)c(OC)c3)nc2N)cc(OC)c1OC. The van der Waals surface area contributed by atoms with Crippen LogP contribution < -0.4 is 45.2 Å². The lowest BCUT2D eigenvalue weighted by Gasteiger charge is -2.15. The molecule has 1 aromatic heterocycles. The molecule has 0 fully saturated rings. The van der Waals surface area contributed by atoms with E-state index in [0.29, 0.717) is 52.2 Å². The van der Waals surface area contributed by atoms with Crippen molar-refractivity contribution in [2.75, 3.05) is 53.7 Å². The molecule has 192 valence electrons. The highest BCUT2D eigenvalue weighted by Gasteiger charge is 2.16. The Labute approximate surface area is 209 Å². The first kappa shape index (κ1) is 26.0. The largest absolute Gasteiger partial charge is 0.493 e. The van der Waals surface area contributed by atoms with Gasteiger partial charge in [0.25, 0.3) is 5.95 Å². The number of nitrogens with two attached hydrogens (primary N) is 2. The van der Waals surface area contributed by atoms with Gasteiger partial charge in [-0.25, -0.2) is 4.98 Å². The zero-order valence-corrected chi connectivity index (χ0v) is 21.0. The van der Waals surface area contributed by atoms with Crippen molar-refractivity contribution >= 4 is 23.4 Å². The van der Waals surface area contributed by atoms with Gasteiger partial charge in [-0.2, -0.15) is 9.98 Å². The Bertz CT molecular complexity index is 1200. The maximum atomic E-state index is 6.19. The minimum absolute atomic E-state index is 0.0426. The second kappa shape index (κ2) is 11.7. The average Bonchev–Trinajstić information content (AvgIpc) is 2.88. The van der Waals surface area contributed by atoms with E-state index >= 15 is 0 Å². The van der Waals surface area contributed by atoms with E-state index < -0.39 is 0 Å². The number of rotatable bonds is 10. The molecule has 1 heterocycles. The molecule has 0 atom stereocenters. The molecule has 12 nitrogen and oxygen atoms in total. The number of aliphatic imine (C=N–C) groups is 1. The number of methoxy groups -OCH3 is 6. The Morgan fingerprint density at radius 3 is 1.75 bits per heavy atom. The quantitative estimate of drug-likeness (QED) is 0.279. The number of hydrogen-bond donors (Lipinski definition) is 3. The lowest BCUT2D eigenvalue weighted by Crippen LogP contribution is -2.22. The molecule has 0 bridgehead atoms. The second-order valence-electron chi connectivity index (χ2n) is 7.33. The maximum Gasteiger partial charge on any atom is 0.254 e. The van der Waals surface area contributed by atoms with Gasteiger partial charge in [0.15, 0.2) is 23.0 Å². The number of aromatic nitrogens is 2. The first-order valence-electron chi connectivity index (χ1n) is 10.7. The minimum atomic E-state index is 0.0426. The Morgan fingerprint density at radius 2 is 1.31 bits per heavy atom. The molecule has 3 aromatic rings. The molecule has 0 aliphatic carbocycles. The van der Waals surface area contributed by atoms with Gasteiger partial charge in [0, 0.05) is 36.0 Å². The van der Waals surface area contributed by atoms with Crippen molar-refractivity contribution in [1.82, 2.24) is 9.97 Å². The fraction of sp³-hybridized carbons (Fsp3) is 0.292. The third-order valence-electron chi connectivity index (χ3n) is 5.16. The molecule has 0 radical (unpaired) electrons. The number of nitrogen functional groups attached to an aromatic ring is 1. The van der Waals surface area contributed by atoms with Crippen LogP contribution in [0.15, 0.2) is 35.5 Å². The molecule has 3 rings (SSSR count). The van der Waals surface area contributed by atoms with Crippen LogP contribution >= 0.6 is 0 Å². The van der Waals surface area contributed by atoms with Gasteiger partial charge < -0.3 is 45.2 Å². The van der Waals surface area contributed by atoms with Gasteiger partial charge >= 0.3 is 0 Å². The highest BCUT2D eigenvalue weighted by molar-refractivity contribution is 5.94. The topological polar surface area (TPSA) is 158 Å². The zero-order chi connectivity index (χ0) is 26.2. The van der Waals surface area contributed by atoms with E-state index in [9.17, 15) is 0 Å². The summed E-state index contributed by atoms with van der Waals surface area (Å²) in [6.07, 6.45) is 2.03. The first-order valence-corrected chi connectivity index (χ1v) is 10.7. The van der Waals surface area contributed by atoms with E-state index in [1.165, 1.54) is 21.3 Å². The molecule has 0 amide bonds. The summed E-state index contributed by atoms with van der Waals surface area (Å²) in [6.45, 7) is 0. The smallest absolute Gasteiger partial charge is 0.254 e. The summed E-state index contributed by atoms with van der Waals surface area (Å²) >= 11 is 0. The standard InChI is InChI=1S/C24H30N6O6/c1-31-16-8-13(9-17(32-2)20(16)35-5)7-14-12-27-24(29-22(14)25)30-23(26)28-15-10-18(33-3)21(36-6)19(11-15)34-4/h8-12H,7H2,1-6H3,(H5,25,26,27,28,29,30). The van der Waals surface area contributed by atoms with Gasteiger partial charge in [-0.3, -0.25) is 0 Å². The molecule has 12 heteroatoms. The summed E-state index contributed by atoms with van der Waals surface area (Å²) in [5, 5.41) is 2.95. The van der Waals surface area contributed by atoms with Crippen LogP contribution in [0.25, 0.3) is 0 Å². The normalized spacial score (nSPS) is 11.0. The van der Waals surface area contributed by atoms with Crippen LogP contribution in [0.3, 0.4) is 0 Å². The number of benzene rings is 2. The summed E-state index contributed by atoms with van der Waals surface area (Å²) in [6, 6.07) is 7.07. The van der Waals surface area contributed by atoms with Crippen LogP contribution in [-0.2, 0) is 6.42 Å². The van der Waals surface area contributed by atoms with Gasteiger partial charge in [0.1, 0.15) is 5.82 Å². The lowest BCUT2D eigenvalue weighted by atomic mass is 10.1. The van der Waals surface area contributed by atoms with Gasteiger partial charge in [0.05, 0.1) is 42.7 Å². The minimum Gasteiger partial charge on any atom is -0.493 e. The molecule has 0 aliphatic heterocycles. The number of guanidine groups is 1. The van der Waals surface area contributed by atoms with Crippen LogP contribution in [0.4, 0.5) is 17.5 Å². The summed E-state index contributed by atoms with van der Waals surface area (Å²) in [5.41, 5.74) is 14.4. The fourth-order valence-corrected chi connectivity index (χ4v) is 3.49. The molecule has 2 aromatic carbocycles. The van der Waals surface area contributed by atoms with Crippen LogP contribution in [0.1, 0.15) is 11.1 Å². The van der Waals surface area contributed by atoms with E-state index in [-0.39, 0.29) is 17.7 Å². The number of anilines is 2. The van der Waals surface area contributed by atoms with Crippen molar-refractivity contribution in [3.8, 4) is 34.5 Å². The van der Waals surface area contributed by atoms with E-state index in [1.54, 1.807) is 39.7 Å². The molecule has 0 aliphatic rings. The lowest BCUT2D eigenvalue weighted by molar-refractivity contribution is 0.324. The monoisotopic (exact) mass is 498 g/mol. The molecule has 0 spiro atoms. The van der Waals surface area contributed by atoms with Crippen LogP contribution in [-0.4, -0.2) is 58.6 Å². The van der Waals surface area contributed by atoms with E-state index in [4.69, 9.17) is 39.9 Å². The Hall–Kier alpha value is -4.61. The van der Waals surface area contributed by atoms with E-state index in [1.807, 2.05) is 12.1 Å². The van der Waals surface area contributed by atoms with Gasteiger partial charge in [-0.1, -0.05) is 0 Å². The van der Waals surface area contributed by atoms with Crippen molar-refractivity contribution in [3.05, 3.63) is 41.6 Å². The Morgan fingerprint density at radius 1 is 0.806 bits per heavy atom. The van der Waals surface area contributed by atoms with Crippen molar-refractivity contribution in [2.24, 2.45) is 10.7 Å². The van der Waals surface area contributed by atoms with Crippen molar-refractivity contribution in [1.29, 1.82) is 0 Å². The van der Waals surface area contributed by atoms with Crippen LogP contribution in [0.5, 0.6) is 34.5 Å². The molecule has 0 saturated heterocycles. The first-order chi connectivity index (χ1) is 17.4. The van der Waals surface area contributed by atoms with Gasteiger partial charge in [-0.05, 0) is 17.7 Å². The fourth-order valence-electron chi connectivity index (χ4n) is 3.49. The Balaban J connectivity index is 1.81. The van der Waals surface area contributed by atoms with Gasteiger partial charge in [0.2, 0.25) is 17.5 Å². The number of hydrogen-bond acceptors (Lipinski definition) is 10. The number of nitrogens with one attached hydrogen (secondary N) is 1. The van der Waals surface area contributed by atoms with Crippen molar-refractivity contribution in [3.63, 3.8) is 0 Å². The highest BCUT2D eigenvalue weighted by Crippen LogP contribution is 2.40. The average molecular weight is 499 g/mol. The summed E-state index contributed by atoms with van der Waals surface area (Å²) < 4.78 is 32.2. The highest BCUT2D eigenvalue weighted by atomic mass is 16.5. The van der Waals surface area contributed by atoms with Crippen molar-refractivity contribution < 1.29 is 28.4 Å².